The average molecular weight is 241 g/mol. The maximum Gasteiger partial charge on any atom is 0.168 e. The lowest BCUT2D eigenvalue weighted by atomic mass is 9.87. The maximum atomic E-state index is 13.7. The van der Waals surface area contributed by atoms with Crippen molar-refractivity contribution in [2.45, 2.75) is 25.7 Å². The molecule has 2 N–H and O–H groups in total. The van der Waals surface area contributed by atoms with Crippen LogP contribution >= 0.6 is 0 Å². The van der Waals surface area contributed by atoms with Crippen LogP contribution in [0.2, 0.25) is 0 Å². The van der Waals surface area contributed by atoms with Crippen LogP contribution in [0.5, 0.6) is 5.75 Å². The van der Waals surface area contributed by atoms with Crippen LogP contribution in [0.4, 0.5) is 8.78 Å². The molecule has 1 saturated carbocycles. The zero-order valence-corrected chi connectivity index (χ0v) is 10.3. The van der Waals surface area contributed by atoms with E-state index in [1.807, 2.05) is 13.8 Å². The number of benzene rings is 1. The number of hydrogen-bond acceptors (Lipinski definition) is 2. The summed E-state index contributed by atoms with van der Waals surface area (Å²) >= 11 is 0. The summed E-state index contributed by atoms with van der Waals surface area (Å²) in [6.07, 6.45) is 0.815. The number of ether oxygens (including phenoxy) is 1. The van der Waals surface area contributed by atoms with E-state index in [0.717, 1.165) is 12.5 Å². The van der Waals surface area contributed by atoms with Gasteiger partial charge in [-0.1, -0.05) is 13.8 Å². The van der Waals surface area contributed by atoms with Crippen molar-refractivity contribution in [2.75, 3.05) is 13.7 Å². The van der Waals surface area contributed by atoms with Crippen LogP contribution in [0.15, 0.2) is 12.1 Å². The third kappa shape index (κ3) is 1.62. The molecule has 17 heavy (non-hydrogen) atoms. The van der Waals surface area contributed by atoms with Crippen LogP contribution in [0.1, 0.15) is 25.8 Å². The molecule has 2 rings (SSSR count). The van der Waals surface area contributed by atoms with E-state index in [2.05, 4.69) is 0 Å². The molecule has 1 aliphatic rings. The number of hydrogen-bond donors (Lipinski definition) is 1. The zero-order chi connectivity index (χ0) is 12.8. The molecule has 0 bridgehead atoms. The van der Waals surface area contributed by atoms with Crippen molar-refractivity contribution in [3.8, 4) is 5.75 Å². The van der Waals surface area contributed by atoms with Crippen LogP contribution < -0.4 is 10.5 Å². The Morgan fingerprint density at radius 2 is 1.94 bits per heavy atom. The molecule has 0 heterocycles. The summed E-state index contributed by atoms with van der Waals surface area (Å²) in [6, 6.07) is 2.17. The van der Waals surface area contributed by atoms with Crippen molar-refractivity contribution >= 4 is 0 Å². The van der Waals surface area contributed by atoms with E-state index in [9.17, 15) is 8.78 Å². The minimum Gasteiger partial charge on any atom is -0.493 e. The minimum atomic E-state index is -0.668. The highest BCUT2D eigenvalue weighted by Crippen LogP contribution is 2.65. The molecule has 1 atom stereocenters. The second kappa shape index (κ2) is 3.67. The topological polar surface area (TPSA) is 35.2 Å². The Morgan fingerprint density at radius 3 is 2.35 bits per heavy atom. The molecule has 0 aliphatic heterocycles. The summed E-state index contributed by atoms with van der Waals surface area (Å²) in [6.45, 7) is 4.45. The standard InChI is InChI=1S/C13H17F2NO/c1-12(2)6-13(12,7-16)9-4-8(14)5-10(15)11(9)17-3/h4-5H,6-7,16H2,1-3H3. The smallest absolute Gasteiger partial charge is 0.168 e. The Morgan fingerprint density at radius 1 is 1.35 bits per heavy atom. The third-order valence-electron chi connectivity index (χ3n) is 3.99. The van der Waals surface area contributed by atoms with Gasteiger partial charge in [0.1, 0.15) is 5.82 Å². The van der Waals surface area contributed by atoms with Gasteiger partial charge in [-0.3, -0.25) is 0 Å². The van der Waals surface area contributed by atoms with E-state index < -0.39 is 11.6 Å². The lowest BCUT2D eigenvalue weighted by molar-refractivity contribution is 0.366. The summed E-state index contributed by atoms with van der Waals surface area (Å²) in [5.74, 6) is -1.14. The largest absolute Gasteiger partial charge is 0.493 e. The van der Waals surface area contributed by atoms with Gasteiger partial charge in [-0.15, -0.1) is 0 Å². The lowest BCUT2D eigenvalue weighted by Gasteiger charge is -2.22. The van der Waals surface area contributed by atoms with Crippen molar-refractivity contribution in [3.63, 3.8) is 0 Å². The molecule has 94 valence electrons. The Kier molecular flexibility index (Phi) is 2.65. The quantitative estimate of drug-likeness (QED) is 0.882. The van der Waals surface area contributed by atoms with E-state index in [-0.39, 0.29) is 16.6 Å². The Labute approximate surface area is 99.8 Å². The molecular formula is C13H17F2NO. The van der Waals surface area contributed by atoms with Crippen molar-refractivity contribution in [1.82, 2.24) is 0 Å². The van der Waals surface area contributed by atoms with Gasteiger partial charge in [-0.25, -0.2) is 8.78 Å². The van der Waals surface area contributed by atoms with E-state index in [1.165, 1.54) is 13.2 Å². The number of halogens is 2. The molecule has 0 aromatic heterocycles. The predicted octanol–water partition coefficient (Wildman–Crippen LogP) is 2.60. The minimum absolute atomic E-state index is 0.0464. The molecule has 1 aromatic carbocycles. The van der Waals surface area contributed by atoms with E-state index >= 15 is 0 Å². The Balaban J connectivity index is 2.59. The van der Waals surface area contributed by atoms with Crippen LogP contribution in [-0.2, 0) is 5.41 Å². The van der Waals surface area contributed by atoms with Gasteiger partial charge >= 0.3 is 0 Å². The molecule has 1 unspecified atom stereocenters. The monoisotopic (exact) mass is 241 g/mol. The fourth-order valence-corrected chi connectivity index (χ4v) is 2.75. The molecule has 1 aliphatic carbocycles. The molecule has 1 aromatic rings. The molecule has 0 radical (unpaired) electrons. The number of rotatable bonds is 3. The van der Waals surface area contributed by atoms with Crippen molar-refractivity contribution in [3.05, 3.63) is 29.3 Å². The van der Waals surface area contributed by atoms with Gasteiger partial charge < -0.3 is 10.5 Å². The van der Waals surface area contributed by atoms with Crippen molar-refractivity contribution in [2.24, 2.45) is 11.1 Å². The van der Waals surface area contributed by atoms with Gasteiger partial charge in [-0.05, 0) is 17.9 Å². The SMILES string of the molecule is COc1c(F)cc(F)cc1C1(CN)CC1(C)C. The summed E-state index contributed by atoms with van der Waals surface area (Å²) in [5, 5.41) is 0. The lowest BCUT2D eigenvalue weighted by Crippen LogP contribution is -2.26. The average Bonchev–Trinajstić information content (AvgIpc) is 2.81. The first-order valence-corrected chi connectivity index (χ1v) is 5.61. The van der Waals surface area contributed by atoms with Crippen LogP contribution in [0.3, 0.4) is 0 Å². The fraction of sp³-hybridized carbons (Fsp3) is 0.538. The molecular weight excluding hydrogens is 224 g/mol. The van der Waals surface area contributed by atoms with Crippen LogP contribution in [-0.4, -0.2) is 13.7 Å². The van der Waals surface area contributed by atoms with Crippen molar-refractivity contribution < 1.29 is 13.5 Å². The van der Waals surface area contributed by atoms with Gasteiger partial charge in [0.2, 0.25) is 0 Å². The van der Waals surface area contributed by atoms with Gasteiger partial charge in [0, 0.05) is 23.6 Å². The van der Waals surface area contributed by atoms with E-state index in [1.54, 1.807) is 0 Å². The highest BCUT2D eigenvalue weighted by Gasteiger charge is 2.62. The molecule has 0 spiro atoms. The second-order valence-corrected chi connectivity index (χ2v) is 5.32. The maximum absolute atomic E-state index is 13.7. The Hall–Kier alpha value is -1.16. The van der Waals surface area contributed by atoms with Crippen molar-refractivity contribution in [1.29, 1.82) is 0 Å². The summed E-state index contributed by atoms with van der Waals surface area (Å²) in [7, 11) is 1.39. The van der Waals surface area contributed by atoms with Gasteiger partial charge in [0.25, 0.3) is 0 Å². The predicted molar refractivity (Wildman–Crippen MR) is 62.0 cm³/mol. The second-order valence-electron chi connectivity index (χ2n) is 5.32. The molecule has 2 nitrogen and oxygen atoms in total. The zero-order valence-electron chi connectivity index (χ0n) is 10.3. The number of methoxy groups -OCH3 is 1. The normalized spacial score (nSPS) is 25.8. The fourth-order valence-electron chi connectivity index (χ4n) is 2.75. The van der Waals surface area contributed by atoms with E-state index in [0.29, 0.717) is 12.1 Å². The molecule has 4 heteroatoms. The highest BCUT2D eigenvalue weighted by atomic mass is 19.1. The molecule has 0 saturated heterocycles. The van der Waals surface area contributed by atoms with Gasteiger partial charge in [-0.2, -0.15) is 0 Å². The highest BCUT2D eigenvalue weighted by molar-refractivity contribution is 5.48. The first kappa shape index (κ1) is 12.3. The summed E-state index contributed by atoms with van der Waals surface area (Å²) in [4.78, 5) is 0. The first-order chi connectivity index (χ1) is 7.88. The molecule has 0 amide bonds. The van der Waals surface area contributed by atoms with Crippen LogP contribution in [0.25, 0.3) is 0 Å². The van der Waals surface area contributed by atoms with Crippen LogP contribution in [0, 0.1) is 17.0 Å². The van der Waals surface area contributed by atoms with Gasteiger partial charge in [0.15, 0.2) is 11.6 Å². The third-order valence-corrected chi connectivity index (χ3v) is 3.99. The summed E-state index contributed by atoms with van der Waals surface area (Å²) < 4.78 is 32.1. The first-order valence-electron chi connectivity index (χ1n) is 5.61. The number of nitrogens with two attached hydrogens (primary N) is 1. The molecule has 1 fully saturated rings. The summed E-state index contributed by atoms with van der Waals surface area (Å²) in [5.41, 5.74) is 5.93. The Bertz CT molecular complexity index is 459. The van der Waals surface area contributed by atoms with Gasteiger partial charge in [0.05, 0.1) is 7.11 Å². The van der Waals surface area contributed by atoms with E-state index in [4.69, 9.17) is 10.5 Å².